The Morgan fingerprint density at radius 1 is 1.50 bits per heavy atom. The average Bonchev–Trinajstić information content (AvgIpc) is 2.50. The summed E-state index contributed by atoms with van der Waals surface area (Å²) in [7, 11) is -2.70. The Hall–Kier alpha value is -0.300. The van der Waals surface area contributed by atoms with Crippen LogP contribution in [0.25, 0.3) is 0 Å². The van der Waals surface area contributed by atoms with Crippen LogP contribution in [0.1, 0.15) is 30.5 Å². The molecular weight excluding hydrogens is 251 g/mol. The van der Waals surface area contributed by atoms with Crippen LogP contribution in [0.2, 0.25) is 0 Å². The predicted octanol–water partition coefficient (Wildman–Crippen LogP) is 1.06. The summed E-state index contributed by atoms with van der Waals surface area (Å²) in [6.45, 7) is 5.22. The van der Waals surface area contributed by atoms with Crippen LogP contribution in [0.5, 0.6) is 0 Å². The van der Waals surface area contributed by atoms with Gasteiger partial charge in [0.2, 0.25) is 0 Å². The van der Waals surface area contributed by atoms with Crippen molar-refractivity contribution in [3.63, 3.8) is 0 Å². The predicted molar refractivity (Wildman–Crippen MR) is 63.2 cm³/mol. The first kappa shape index (κ1) is 15.7. The molecule has 1 heterocycles. The normalized spacial score (nSPS) is 11.2. The molecule has 8 heteroatoms. The van der Waals surface area contributed by atoms with Gasteiger partial charge in [-0.15, -0.1) is 11.3 Å². The number of phosphoric acid groups is 1. The highest BCUT2D eigenvalue weighted by Gasteiger charge is 2.03. The van der Waals surface area contributed by atoms with Crippen molar-refractivity contribution in [2.24, 2.45) is 0 Å². The molecule has 0 saturated carbocycles. The molecule has 1 aromatic heterocycles. The smallest absolute Gasteiger partial charge is 0.314 e. The monoisotopic (exact) mass is 268 g/mol. The fourth-order valence-corrected chi connectivity index (χ4v) is 1.69. The third-order valence-corrected chi connectivity index (χ3v) is 2.62. The van der Waals surface area contributed by atoms with E-state index in [9.17, 15) is 0 Å². The molecule has 0 unspecified atom stereocenters. The number of nitrogens with zero attached hydrogens (tertiary/aromatic N) is 1. The lowest BCUT2D eigenvalue weighted by Gasteiger charge is -1.96. The molecular formula is C8H17N2O4PS. The molecule has 0 aliphatic rings. The number of hydrogen-bond acceptors (Lipinski definition) is 4. The molecule has 0 aliphatic carbocycles. The second-order valence-corrected chi connectivity index (χ2v) is 5.29. The Morgan fingerprint density at radius 2 is 2.00 bits per heavy atom. The van der Waals surface area contributed by atoms with E-state index >= 15 is 0 Å². The zero-order valence-corrected chi connectivity index (χ0v) is 11.1. The standard InChI is InChI=1S/C8H14N2S.H3O4P/c1-6(2)8-10-7(4-9-3)5-11-8;1-5(2,3)4/h5-6,9H,4H2,1-3H3;(H3,1,2,3,4). The molecule has 4 N–H and O–H groups in total. The third-order valence-electron chi connectivity index (χ3n) is 1.42. The van der Waals surface area contributed by atoms with Gasteiger partial charge in [0.1, 0.15) is 0 Å². The first-order chi connectivity index (χ1) is 7.24. The van der Waals surface area contributed by atoms with Crippen LogP contribution in [0, 0.1) is 0 Å². The van der Waals surface area contributed by atoms with Gasteiger partial charge in [0.25, 0.3) is 0 Å². The zero-order chi connectivity index (χ0) is 12.8. The Balaban J connectivity index is 0.000000385. The summed E-state index contributed by atoms with van der Waals surface area (Å²) < 4.78 is 8.88. The maximum Gasteiger partial charge on any atom is 0.466 e. The van der Waals surface area contributed by atoms with E-state index in [2.05, 4.69) is 29.5 Å². The third kappa shape index (κ3) is 8.96. The largest absolute Gasteiger partial charge is 0.466 e. The second kappa shape index (κ2) is 7.11. The highest BCUT2D eigenvalue weighted by molar-refractivity contribution is 7.45. The Morgan fingerprint density at radius 3 is 2.31 bits per heavy atom. The van der Waals surface area contributed by atoms with E-state index in [1.54, 1.807) is 11.3 Å². The quantitative estimate of drug-likeness (QED) is 0.611. The molecule has 0 amide bonds. The van der Waals surface area contributed by atoms with Crippen molar-refractivity contribution in [1.82, 2.24) is 10.3 Å². The van der Waals surface area contributed by atoms with E-state index in [0.29, 0.717) is 5.92 Å². The van der Waals surface area contributed by atoms with Crippen molar-refractivity contribution >= 4 is 19.2 Å². The molecule has 0 aliphatic heterocycles. The first-order valence-electron chi connectivity index (χ1n) is 4.61. The highest BCUT2D eigenvalue weighted by atomic mass is 32.1. The van der Waals surface area contributed by atoms with Gasteiger partial charge in [-0.3, -0.25) is 0 Å². The van der Waals surface area contributed by atoms with Gasteiger partial charge in [0, 0.05) is 17.8 Å². The number of rotatable bonds is 3. The Bertz CT molecular complexity index is 341. The molecule has 1 aromatic rings. The summed E-state index contributed by atoms with van der Waals surface area (Å²) >= 11 is 1.75. The molecule has 0 atom stereocenters. The van der Waals surface area contributed by atoms with Crippen LogP contribution >= 0.6 is 19.2 Å². The van der Waals surface area contributed by atoms with Gasteiger partial charge in [-0.05, 0) is 7.05 Å². The van der Waals surface area contributed by atoms with Gasteiger partial charge >= 0.3 is 7.82 Å². The summed E-state index contributed by atoms with van der Waals surface area (Å²) in [6.07, 6.45) is 0. The van der Waals surface area contributed by atoms with Crippen LogP contribution in [-0.4, -0.2) is 26.7 Å². The summed E-state index contributed by atoms with van der Waals surface area (Å²) in [6, 6.07) is 0. The van der Waals surface area contributed by atoms with Crippen LogP contribution in [0.3, 0.4) is 0 Å². The van der Waals surface area contributed by atoms with Crippen molar-refractivity contribution in [2.75, 3.05) is 7.05 Å². The van der Waals surface area contributed by atoms with Gasteiger partial charge in [0.05, 0.1) is 10.7 Å². The summed E-state index contributed by atoms with van der Waals surface area (Å²) in [5.74, 6) is 0.561. The first-order valence-corrected chi connectivity index (χ1v) is 7.05. The van der Waals surface area contributed by atoms with Crippen LogP contribution in [-0.2, 0) is 11.1 Å². The van der Waals surface area contributed by atoms with E-state index in [-0.39, 0.29) is 0 Å². The van der Waals surface area contributed by atoms with Crippen molar-refractivity contribution in [2.45, 2.75) is 26.3 Å². The maximum atomic E-state index is 8.88. The van der Waals surface area contributed by atoms with Gasteiger partial charge in [0.15, 0.2) is 0 Å². The molecule has 0 fully saturated rings. The van der Waals surface area contributed by atoms with E-state index in [1.165, 1.54) is 5.01 Å². The van der Waals surface area contributed by atoms with Crippen molar-refractivity contribution in [3.8, 4) is 0 Å². The number of hydrogen-bond donors (Lipinski definition) is 4. The lowest BCUT2D eigenvalue weighted by atomic mass is 10.2. The van der Waals surface area contributed by atoms with E-state index in [0.717, 1.165) is 12.2 Å². The number of thiazole rings is 1. The maximum absolute atomic E-state index is 8.88. The van der Waals surface area contributed by atoms with Gasteiger partial charge in [-0.1, -0.05) is 13.8 Å². The van der Waals surface area contributed by atoms with Gasteiger partial charge < -0.3 is 20.0 Å². The molecule has 94 valence electrons. The van der Waals surface area contributed by atoms with Crippen molar-refractivity contribution < 1.29 is 19.2 Å². The lowest BCUT2D eigenvalue weighted by Crippen LogP contribution is -2.05. The molecule has 6 nitrogen and oxygen atoms in total. The minimum absolute atomic E-state index is 0.561. The fourth-order valence-electron chi connectivity index (χ4n) is 0.850. The van der Waals surface area contributed by atoms with E-state index in [1.807, 2.05) is 7.05 Å². The number of nitrogens with one attached hydrogen (secondary N) is 1. The Kier molecular flexibility index (Phi) is 6.98. The Labute approximate surface area is 98.6 Å². The summed E-state index contributed by atoms with van der Waals surface area (Å²) in [5, 5.41) is 6.43. The summed E-state index contributed by atoms with van der Waals surface area (Å²) in [5.41, 5.74) is 1.15. The zero-order valence-electron chi connectivity index (χ0n) is 9.41. The average molecular weight is 268 g/mol. The van der Waals surface area contributed by atoms with Crippen molar-refractivity contribution in [1.29, 1.82) is 0 Å². The molecule has 16 heavy (non-hydrogen) atoms. The minimum atomic E-state index is -4.64. The van der Waals surface area contributed by atoms with Crippen LogP contribution in [0.4, 0.5) is 0 Å². The van der Waals surface area contributed by atoms with Gasteiger partial charge in [-0.2, -0.15) is 0 Å². The molecule has 0 bridgehead atoms. The topological polar surface area (TPSA) is 103 Å². The fraction of sp³-hybridized carbons (Fsp3) is 0.625. The lowest BCUT2D eigenvalue weighted by molar-refractivity contribution is 0.275. The van der Waals surface area contributed by atoms with E-state index < -0.39 is 7.82 Å². The molecule has 1 rings (SSSR count). The second-order valence-electron chi connectivity index (χ2n) is 3.38. The minimum Gasteiger partial charge on any atom is -0.314 e. The molecule has 0 aromatic carbocycles. The summed E-state index contributed by atoms with van der Waals surface area (Å²) in [4.78, 5) is 26.0. The molecule has 0 saturated heterocycles. The molecule has 0 radical (unpaired) electrons. The SMILES string of the molecule is CNCc1csc(C(C)C)n1.O=P(O)(O)O. The van der Waals surface area contributed by atoms with Gasteiger partial charge in [-0.25, -0.2) is 9.55 Å². The molecule has 0 spiro atoms. The van der Waals surface area contributed by atoms with E-state index in [4.69, 9.17) is 19.2 Å². The number of aromatic nitrogens is 1. The highest BCUT2D eigenvalue weighted by Crippen LogP contribution is 2.25. The van der Waals surface area contributed by atoms with Crippen molar-refractivity contribution in [3.05, 3.63) is 16.1 Å². The van der Waals surface area contributed by atoms with Crippen LogP contribution < -0.4 is 5.32 Å². The van der Waals surface area contributed by atoms with Crippen LogP contribution in [0.15, 0.2) is 5.38 Å².